The Kier molecular flexibility index (Phi) is 3.80. The van der Waals surface area contributed by atoms with E-state index in [0.717, 1.165) is 25.1 Å². The Morgan fingerprint density at radius 2 is 2.24 bits per heavy atom. The van der Waals surface area contributed by atoms with Crippen LogP contribution in [0.15, 0.2) is 33.9 Å². The van der Waals surface area contributed by atoms with Crippen molar-refractivity contribution in [2.75, 3.05) is 0 Å². The van der Waals surface area contributed by atoms with Gasteiger partial charge in [0.2, 0.25) is 10.0 Å². The Hall–Kier alpha value is -1.32. The van der Waals surface area contributed by atoms with Crippen LogP contribution in [0.3, 0.4) is 0 Å². The number of benzene rings is 1. The van der Waals surface area contributed by atoms with E-state index in [2.05, 4.69) is 30.7 Å². The normalized spacial score (nSPS) is 18.5. The molecule has 0 radical (unpaired) electrons. The number of nitrogens with zero attached hydrogens (tertiary/aromatic N) is 3. The highest BCUT2D eigenvalue weighted by Crippen LogP contribution is 2.27. The van der Waals surface area contributed by atoms with Gasteiger partial charge in [-0.25, -0.2) is 27.2 Å². The van der Waals surface area contributed by atoms with Gasteiger partial charge in [0.25, 0.3) is 0 Å². The largest absolute Gasteiger partial charge is 0.248 e. The Morgan fingerprint density at radius 1 is 1.43 bits per heavy atom. The lowest BCUT2D eigenvalue weighted by molar-refractivity contribution is 0.400. The fourth-order valence-corrected chi connectivity index (χ4v) is 4.62. The van der Waals surface area contributed by atoms with E-state index in [0.29, 0.717) is 12.2 Å². The molecule has 1 N–H and O–H groups in total. The molecule has 1 atom stereocenters. The fraction of sp³-hybridized carbons (Fsp3) is 0.333. The number of nitrogens with one attached hydrogen (secondary N) is 1. The van der Waals surface area contributed by atoms with Crippen molar-refractivity contribution in [3.05, 3.63) is 40.6 Å². The van der Waals surface area contributed by atoms with Crippen molar-refractivity contribution in [3.63, 3.8) is 0 Å². The zero-order valence-corrected chi connectivity index (χ0v) is 13.2. The third kappa shape index (κ3) is 2.85. The molecular formula is C12H12BrFN4O2S. The summed E-state index contributed by atoms with van der Waals surface area (Å²) in [6.07, 6.45) is 2.88. The number of hydrogen-bond acceptors (Lipinski definition) is 4. The molecule has 1 aliphatic rings. The molecule has 0 bridgehead atoms. The maximum Gasteiger partial charge on any atom is 0.242 e. The third-order valence-electron chi connectivity index (χ3n) is 3.30. The first kappa shape index (κ1) is 14.6. The van der Waals surface area contributed by atoms with E-state index in [1.54, 1.807) is 4.68 Å². The second-order valence-corrected chi connectivity index (χ2v) is 7.27. The Labute approximate surface area is 129 Å². The molecule has 1 aliphatic heterocycles. The van der Waals surface area contributed by atoms with Crippen LogP contribution < -0.4 is 4.72 Å². The van der Waals surface area contributed by atoms with Gasteiger partial charge in [-0.05, 0) is 47.0 Å². The molecule has 0 saturated heterocycles. The SMILES string of the molecule is O=S(=O)(NC1CCCn2ncnc21)c1ccc(F)cc1Br. The summed E-state index contributed by atoms with van der Waals surface area (Å²) in [6, 6.07) is 3.04. The molecule has 1 unspecified atom stereocenters. The molecule has 9 heteroatoms. The summed E-state index contributed by atoms with van der Waals surface area (Å²) in [5.74, 6) is 0.0984. The highest BCUT2D eigenvalue weighted by Gasteiger charge is 2.28. The number of hydrogen-bond donors (Lipinski definition) is 1. The van der Waals surface area contributed by atoms with Crippen LogP contribution in [-0.4, -0.2) is 23.2 Å². The Balaban J connectivity index is 1.91. The van der Waals surface area contributed by atoms with Gasteiger partial charge in [-0.2, -0.15) is 5.10 Å². The summed E-state index contributed by atoms with van der Waals surface area (Å²) < 4.78 is 42.5. The second-order valence-electron chi connectivity index (χ2n) is 4.73. The van der Waals surface area contributed by atoms with E-state index in [1.165, 1.54) is 12.4 Å². The van der Waals surface area contributed by atoms with E-state index in [1.807, 2.05) is 0 Å². The second kappa shape index (κ2) is 5.47. The molecule has 0 saturated carbocycles. The maximum absolute atomic E-state index is 13.1. The van der Waals surface area contributed by atoms with Crippen LogP contribution in [0.2, 0.25) is 0 Å². The minimum atomic E-state index is -3.77. The number of aryl methyl sites for hydroxylation is 1. The standard InChI is InChI=1S/C12H12BrFN4O2S/c13-9-6-8(14)3-4-11(9)21(19,20)17-10-2-1-5-18-12(10)15-7-16-18/h3-4,6-7,10,17H,1-2,5H2. The number of fused-ring (bicyclic) bond motifs is 1. The minimum absolute atomic E-state index is 0.000499. The lowest BCUT2D eigenvalue weighted by atomic mass is 10.1. The molecule has 6 nitrogen and oxygen atoms in total. The molecule has 2 heterocycles. The first-order valence-corrected chi connectivity index (χ1v) is 8.60. The average Bonchev–Trinajstić information content (AvgIpc) is 2.87. The van der Waals surface area contributed by atoms with Crippen LogP contribution in [0.4, 0.5) is 4.39 Å². The summed E-state index contributed by atoms with van der Waals surface area (Å²) in [7, 11) is -3.77. The summed E-state index contributed by atoms with van der Waals surface area (Å²) >= 11 is 3.08. The van der Waals surface area contributed by atoms with Gasteiger partial charge in [-0.1, -0.05) is 0 Å². The average molecular weight is 375 g/mol. The van der Waals surface area contributed by atoms with Gasteiger partial charge in [0.1, 0.15) is 18.0 Å². The monoisotopic (exact) mass is 374 g/mol. The summed E-state index contributed by atoms with van der Waals surface area (Å²) in [6.45, 7) is 0.730. The van der Waals surface area contributed by atoms with Crippen LogP contribution >= 0.6 is 15.9 Å². The van der Waals surface area contributed by atoms with E-state index in [9.17, 15) is 12.8 Å². The smallest absolute Gasteiger partial charge is 0.242 e. The highest BCUT2D eigenvalue weighted by atomic mass is 79.9. The topological polar surface area (TPSA) is 76.9 Å². The summed E-state index contributed by atoms with van der Waals surface area (Å²) in [5, 5.41) is 4.05. The van der Waals surface area contributed by atoms with Gasteiger partial charge < -0.3 is 0 Å². The van der Waals surface area contributed by atoms with Gasteiger partial charge in [-0.3, -0.25) is 0 Å². The molecule has 1 aromatic heterocycles. The summed E-state index contributed by atoms with van der Waals surface area (Å²) in [4.78, 5) is 4.11. The van der Waals surface area contributed by atoms with Crippen molar-refractivity contribution in [2.24, 2.45) is 0 Å². The lowest BCUT2D eigenvalue weighted by Crippen LogP contribution is -2.33. The van der Waals surface area contributed by atoms with Crippen LogP contribution in [0.5, 0.6) is 0 Å². The highest BCUT2D eigenvalue weighted by molar-refractivity contribution is 9.10. The minimum Gasteiger partial charge on any atom is -0.248 e. The molecule has 0 spiro atoms. The first-order chi connectivity index (χ1) is 9.97. The molecule has 0 aliphatic carbocycles. The van der Waals surface area contributed by atoms with E-state index < -0.39 is 21.9 Å². The zero-order valence-electron chi connectivity index (χ0n) is 10.8. The van der Waals surface area contributed by atoms with Crippen LogP contribution in [0, 0.1) is 5.82 Å². The molecule has 21 heavy (non-hydrogen) atoms. The number of halogens is 2. The van der Waals surface area contributed by atoms with Gasteiger partial charge >= 0.3 is 0 Å². The predicted octanol–water partition coefficient (Wildman–Crippen LogP) is 1.99. The molecule has 3 rings (SSSR count). The van der Waals surface area contributed by atoms with Crippen LogP contribution in [0.1, 0.15) is 24.7 Å². The Bertz CT molecular complexity index is 777. The number of aromatic nitrogens is 3. The van der Waals surface area contributed by atoms with Crippen molar-refractivity contribution in [3.8, 4) is 0 Å². The molecule has 0 fully saturated rings. The van der Waals surface area contributed by atoms with Crippen molar-refractivity contribution in [2.45, 2.75) is 30.3 Å². The third-order valence-corrected chi connectivity index (χ3v) is 5.75. The molecule has 2 aromatic rings. The maximum atomic E-state index is 13.1. The first-order valence-electron chi connectivity index (χ1n) is 6.32. The predicted molar refractivity (Wildman–Crippen MR) is 76.4 cm³/mol. The molecule has 112 valence electrons. The number of rotatable bonds is 3. The van der Waals surface area contributed by atoms with Crippen molar-refractivity contribution < 1.29 is 12.8 Å². The van der Waals surface area contributed by atoms with E-state index >= 15 is 0 Å². The van der Waals surface area contributed by atoms with Crippen LogP contribution in [0.25, 0.3) is 0 Å². The summed E-state index contributed by atoms with van der Waals surface area (Å²) in [5.41, 5.74) is 0. The molecular weight excluding hydrogens is 363 g/mol. The zero-order chi connectivity index (χ0) is 15.0. The van der Waals surface area contributed by atoms with E-state index in [4.69, 9.17) is 0 Å². The quantitative estimate of drug-likeness (QED) is 0.890. The van der Waals surface area contributed by atoms with Crippen molar-refractivity contribution in [1.82, 2.24) is 19.5 Å². The molecule has 1 aromatic carbocycles. The van der Waals surface area contributed by atoms with Gasteiger partial charge in [0.15, 0.2) is 0 Å². The van der Waals surface area contributed by atoms with Crippen molar-refractivity contribution in [1.29, 1.82) is 0 Å². The van der Waals surface area contributed by atoms with Gasteiger partial charge in [0, 0.05) is 11.0 Å². The lowest BCUT2D eigenvalue weighted by Gasteiger charge is -2.23. The number of sulfonamides is 1. The molecule has 0 amide bonds. The van der Waals surface area contributed by atoms with E-state index in [-0.39, 0.29) is 9.37 Å². The van der Waals surface area contributed by atoms with Crippen LogP contribution in [-0.2, 0) is 16.6 Å². The van der Waals surface area contributed by atoms with Gasteiger partial charge in [-0.15, -0.1) is 0 Å². The Morgan fingerprint density at radius 3 is 3.00 bits per heavy atom. The van der Waals surface area contributed by atoms with Gasteiger partial charge in [0.05, 0.1) is 10.9 Å². The fourth-order valence-electron chi connectivity index (χ4n) is 2.35. The van der Waals surface area contributed by atoms with Crippen molar-refractivity contribution >= 4 is 26.0 Å².